The van der Waals surface area contributed by atoms with Gasteiger partial charge in [-0.3, -0.25) is 9.36 Å². The molecule has 1 aromatic heterocycles. The van der Waals surface area contributed by atoms with Crippen LogP contribution in [0, 0.1) is 0 Å². The Labute approximate surface area is 195 Å². The Hall–Kier alpha value is -2.58. The molecule has 0 unspecified atom stereocenters. The number of nitrogens with one attached hydrogen (secondary N) is 1. The number of methoxy groups -OCH3 is 1. The summed E-state index contributed by atoms with van der Waals surface area (Å²) in [7, 11) is 1.63. The maximum atomic E-state index is 12.6. The number of aromatic nitrogens is 3. The normalized spacial score (nSPS) is 10.9. The lowest BCUT2D eigenvalue weighted by molar-refractivity contribution is -0.113. The van der Waals surface area contributed by atoms with Gasteiger partial charge in [-0.05, 0) is 53.9 Å². The lowest BCUT2D eigenvalue weighted by Gasteiger charge is -2.14. The van der Waals surface area contributed by atoms with Crippen molar-refractivity contribution in [2.24, 2.45) is 0 Å². The van der Waals surface area contributed by atoms with Crippen LogP contribution in [0.3, 0.4) is 0 Å². The van der Waals surface area contributed by atoms with Crippen LogP contribution < -0.4 is 10.1 Å². The molecule has 6 nitrogen and oxygen atoms in total. The van der Waals surface area contributed by atoms with Gasteiger partial charge < -0.3 is 10.1 Å². The molecule has 0 saturated heterocycles. The minimum Gasteiger partial charge on any atom is -0.497 e. The summed E-state index contributed by atoms with van der Waals surface area (Å²) in [5.41, 5.74) is 2.84. The largest absolute Gasteiger partial charge is 0.497 e. The number of hydrogen-bond donors (Lipinski definition) is 1. The Balaban J connectivity index is 1.73. The van der Waals surface area contributed by atoms with Gasteiger partial charge in [-0.1, -0.05) is 47.6 Å². The number of carbonyl (C=O) groups excluding carboxylic acids is 1. The molecule has 0 saturated carbocycles. The standard InChI is InChI=1S/C23H25BrN4O2S/c1-5-12-28-22(16-6-9-18(30-4)10-7-16)26-27-23(28)31-14-21(29)25-20-11-8-17(24)13-19(20)15(2)3/h5-11,13,15H,1,12,14H2,2-4H3,(H,25,29). The molecule has 0 fully saturated rings. The lowest BCUT2D eigenvalue weighted by Crippen LogP contribution is -2.16. The molecule has 1 heterocycles. The van der Waals surface area contributed by atoms with E-state index in [2.05, 4.69) is 51.9 Å². The number of benzene rings is 2. The minimum absolute atomic E-state index is 0.0895. The van der Waals surface area contributed by atoms with Crippen molar-refractivity contribution in [1.29, 1.82) is 0 Å². The van der Waals surface area contributed by atoms with E-state index in [1.54, 1.807) is 13.2 Å². The smallest absolute Gasteiger partial charge is 0.234 e. The Kier molecular flexibility index (Phi) is 7.92. The highest BCUT2D eigenvalue weighted by Crippen LogP contribution is 2.29. The van der Waals surface area contributed by atoms with Crippen LogP contribution in [-0.4, -0.2) is 33.5 Å². The summed E-state index contributed by atoms with van der Waals surface area (Å²) in [6.45, 7) is 8.58. The third-order valence-electron chi connectivity index (χ3n) is 4.62. The van der Waals surface area contributed by atoms with Crippen molar-refractivity contribution in [1.82, 2.24) is 14.8 Å². The second kappa shape index (κ2) is 10.6. The van der Waals surface area contributed by atoms with E-state index in [9.17, 15) is 4.79 Å². The van der Waals surface area contributed by atoms with E-state index in [0.29, 0.717) is 17.6 Å². The molecule has 162 valence electrons. The Morgan fingerprint density at radius 3 is 2.65 bits per heavy atom. The van der Waals surface area contributed by atoms with E-state index in [-0.39, 0.29) is 11.7 Å². The number of hydrogen-bond acceptors (Lipinski definition) is 5. The molecule has 2 aromatic carbocycles. The fourth-order valence-corrected chi connectivity index (χ4v) is 4.21. The van der Waals surface area contributed by atoms with Gasteiger partial charge >= 0.3 is 0 Å². The summed E-state index contributed by atoms with van der Waals surface area (Å²) in [6.07, 6.45) is 1.79. The maximum Gasteiger partial charge on any atom is 0.234 e. The lowest BCUT2D eigenvalue weighted by atomic mass is 10.0. The first kappa shape index (κ1) is 23.1. The van der Waals surface area contributed by atoms with Crippen molar-refractivity contribution in [2.45, 2.75) is 31.5 Å². The number of nitrogens with zero attached hydrogens (tertiary/aromatic N) is 3. The quantitative estimate of drug-likeness (QED) is 0.299. The number of amides is 1. The summed E-state index contributed by atoms with van der Waals surface area (Å²) in [6, 6.07) is 13.5. The van der Waals surface area contributed by atoms with Crippen molar-refractivity contribution < 1.29 is 9.53 Å². The van der Waals surface area contributed by atoms with Crippen LogP contribution in [0.5, 0.6) is 5.75 Å². The molecular formula is C23H25BrN4O2S. The third-order valence-corrected chi connectivity index (χ3v) is 6.08. The molecule has 0 atom stereocenters. The molecule has 0 aliphatic rings. The van der Waals surface area contributed by atoms with Crippen LogP contribution in [0.4, 0.5) is 5.69 Å². The van der Waals surface area contributed by atoms with Crippen LogP contribution in [-0.2, 0) is 11.3 Å². The number of anilines is 1. The molecule has 0 aliphatic carbocycles. The van der Waals surface area contributed by atoms with Gasteiger partial charge in [0.2, 0.25) is 5.91 Å². The predicted octanol–water partition coefficient (Wildman–Crippen LogP) is 5.76. The molecular weight excluding hydrogens is 476 g/mol. The van der Waals surface area contributed by atoms with Gasteiger partial charge in [-0.25, -0.2) is 0 Å². The van der Waals surface area contributed by atoms with Crippen LogP contribution in [0.1, 0.15) is 25.3 Å². The zero-order chi connectivity index (χ0) is 22.4. The molecule has 0 aliphatic heterocycles. The van der Waals surface area contributed by atoms with Crippen LogP contribution in [0.25, 0.3) is 11.4 Å². The van der Waals surface area contributed by atoms with E-state index in [0.717, 1.165) is 32.9 Å². The molecule has 0 radical (unpaired) electrons. The number of thioether (sulfide) groups is 1. The second-order valence-electron chi connectivity index (χ2n) is 7.16. The molecule has 0 spiro atoms. The highest BCUT2D eigenvalue weighted by Gasteiger charge is 2.16. The van der Waals surface area contributed by atoms with Crippen molar-refractivity contribution in [3.63, 3.8) is 0 Å². The molecule has 0 bridgehead atoms. The molecule has 1 amide bonds. The van der Waals surface area contributed by atoms with E-state index in [1.165, 1.54) is 11.8 Å². The first-order valence-corrected chi connectivity index (χ1v) is 11.6. The number of ether oxygens (including phenoxy) is 1. The highest BCUT2D eigenvalue weighted by atomic mass is 79.9. The Bertz CT molecular complexity index is 1060. The first-order valence-electron chi connectivity index (χ1n) is 9.83. The van der Waals surface area contributed by atoms with Crippen molar-refractivity contribution in [2.75, 3.05) is 18.2 Å². The second-order valence-corrected chi connectivity index (χ2v) is 9.02. The fourth-order valence-electron chi connectivity index (χ4n) is 3.08. The third kappa shape index (κ3) is 5.77. The first-order chi connectivity index (χ1) is 14.9. The van der Waals surface area contributed by atoms with Crippen LogP contribution in [0.15, 0.2) is 64.7 Å². The number of rotatable bonds is 9. The zero-order valence-electron chi connectivity index (χ0n) is 17.8. The van der Waals surface area contributed by atoms with Gasteiger partial charge in [0.05, 0.1) is 12.9 Å². The summed E-state index contributed by atoms with van der Waals surface area (Å²) in [4.78, 5) is 12.6. The molecule has 3 aromatic rings. The molecule has 8 heteroatoms. The van der Waals surface area contributed by atoms with E-state index in [1.807, 2.05) is 47.0 Å². The topological polar surface area (TPSA) is 69.0 Å². The van der Waals surface area contributed by atoms with E-state index >= 15 is 0 Å². The van der Waals surface area contributed by atoms with Gasteiger partial charge in [-0.2, -0.15) is 0 Å². The van der Waals surface area contributed by atoms with Gasteiger partial charge in [0, 0.05) is 22.3 Å². The van der Waals surface area contributed by atoms with Gasteiger partial charge in [0.15, 0.2) is 11.0 Å². The monoisotopic (exact) mass is 500 g/mol. The maximum absolute atomic E-state index is 12.6. The van der Waals surface area contributed by atoms with Gasteiger partial charge in [0.1, 0.15) is 5.75 Å². The van der Waals surface area contributed by atoms with E-state index < -0.39 is 0 Å². The molecule has 3 rings (SSSR count). The fraction of sp³-hybridized carbons (Fsp3) is 0.261. The van der Waals surface area contributed by atoms with Crippen LogP contribution >= 0.6 is 27.7 Å². The number of allylic oxidation sites excluding steroid dienone is 1. The predicted molar refractivity (Wildman–Crippen MR) is 130 cm³/mol. The Morgan fingerprint density at radius 2 is 2.00 bits per heavy atom. The van der Waals surface area contributed by atoms with Crippen molar-refractivity contribution >= 4 is 39.3 Å². The zero-order valence-corrected chi connectivity index (χ0v) is 20.2. The molecule has 31 heavy (non-hydrogen) atoms. The van der Waals surface area contributed by atoms with Crippen molar-refractivity contribution in [3.8, 4) is 17.1 Å². The van der Waals surface area contributed by atoms with Crippen LogP contribution in [0.2, 0.25) is 0 Å². The molecule has 1 N–H and O–H groups in total. The highest BCUT2D eigenvalue weighted by molar-refractivity contribution is 9.10. The summed E-state index contributed by atoms with van der Waals surface area (Å²) < 4.78 is 8.16. The van der Waals surface area contributed by atoms with Gasteiger partial charge in [0.25, 0.3) is 0 Å². The minimum atomic E-state index is -0.0895. The average Bonchev–Trinajstić information content (AvgIpc) is 3.16. The number of carbonyl (C=O) groups is 1. The number of halogens is 1. The summed E-state index contributed by atoms with van der Waals surface area (Å²) in [5.74, 6) is 1.93. The van der Waals surface area contributed by atoms with Gasteiger partial charge in [-0.15, -0.1) is 16.8 Å². The Morgan fingerprint density at radius 1 is 1.26 bits per heavy atom. The van der Waals surface area contributed by atoms with Crippen molar-refractivity contribution in [3.05, 3.63) is 65.2 Å². The average molecular weight is 501 g/mol. The summed E-state index contributed by atoms with van der Waals surface area (Å²) >= 11 is 4.85. The van der Waals surface area contributed by atoms with E-state index in [4.69, 9.17) is 4.74 Å². The SMILES string of the molecule is C=CCn1c(SCC(=O)Nc2ccc(Br)cc2C(C)C)nnc1-c1ccc(OC)cc1. The summed E-state index contributed by atoms with van der Waals surface area (Å²) in [5, 5.41) is 12.3.